The molecule has 0 amide bonds. The number of aromatic nitrogens is 4. The van der Waals surface area contributed by atoms with Crippen molar-refractivity contribution in [3.8, 4) is 17.1 Å². The van der Waals surface area contributed by atoms with Crippen molar-refractivity contribution in [1.29, 1.82) is 0 Å². The van der Waals surface area contributed by atoms with Gasteiger partial charge in [0.25, 0.3) is 0 Å². The van der Waals surface area contributed by atoms with Crippen molar-refractivity contribution >= 4 is 28.6 Å². The molecule has 6 aromatic rings. The Labute approximate surface area is 242 Å². The molecule has 210 valence electrons. The third kappa shape index (κ3) is 5.70. The molecule has 6 rings (SSSR count). The molecule has 42 heavy (non-hydrogen) atoms. The first-order valence-electron chi connectivity index (χ1n) is 12.8. The molecule has 0 unspecified atom stereocenters. The highest BCUT2D eigenvalue weighted by molar-refractivity contribution is 6.30. The number of carbonyl (C=O) groups is 1. The fourth-order valence-corrected chi connectivity index (χ4v) is 4.68. The summed E-state index contributed by atoms with van der Waals surface area (Å²) in [6.07, 6.45) is 2.82. The van der Waals surface area contributed by atoms with Gasteiger partial charge >= 0.3 is 5.97 Å². The number of halogens is 3. The zero-order chi connectivity index (χ0) is 29.2. The van der Waals surface area contributed by atoms with Gasteiger partial charge in [0.15, 0.2) is 0 Å². The van der Waals surface area contributed by atoms with Gasteiger partial charge in [-0.05, 0) is 59.7 Å². The quantitative estimate of drug-likeness (QED) is 0.196. The van der Waals surface area contributed by atoms with E-state index in [1.807, 2.05) is 12.1 Å². The third-order valence-corrected chi connectivity index (χ3v) is 6.89. The molecule has 0 bridgehead atoms. The van der Waals surface area contributed by atoms with Gasteiger partial charge in [0.1, 0.15) is 36.9 Å². The molecule has 0 fully saturated rings. The average molecular weight is 587 g/mol. The standard InChI is InChI=1S/C31H21ClF2N4O4/c32-21-7-4-18(5-8-21)17-42-29-3-1-2-25(37-29)22-15-23(33)20(12-24(22)34)14-28-36-26-9-6-19(31(39)40)13-27(26)38(28)16-30-35-10-11-41-30/h1-13,15H,14,16-17H2,(H,39,40). The maximum atomic E-state index is 15.5. The van der Waals surface area contributed by atoms with Crippen LogP contribution >= 0.6 is 11.6 Å². The summed E-state index contributed by atoms with van der Waals surface area (Å²) in [7, 11) is 0. The Morgan fingerprint density at radius 2 is 1.83 bits per heavy atom. The van der Waals surface area contributed by atoms with Gasteiger partial charge in [-0.25, -0.2) is 28.5 Å². The maximum Gasteiger partial charge on any atom is 0.335 e. The van der Waals surface area contributed by atoms with Gasteiger partial charge in [-0.3, -0.25) is 0 Å². The van der Waals surface area contributed by atoms with Gasteiger partial charge in [-0.1, -0.05) is 29.8 Å². The van der Waals surface area contributed by atoms with Crippen LogP contribution in [-0.2, 0) is 19.6 Å². The van der Waals surface area contributed by atoms with Crippen LogP contribution in [0.1, 0.15) is 33.2 Å². The Hall–Kier alpha value is -5.09. The lowest BCUT2D eigenvalue weighted by molar-refractivity contribution is 0.0697. The smallest absolute Gasteiger partial charge is 0.335 e. The maximum absolute atomic E-state index is 15.5. The van der Waals surface area contributed by atoms with Crippen molar-refractivity contribution in [2.45, 2.75) is 19.6 Å². The first kappa shape index (κ1) is 27.1. The number of pyridine rings is 1. The molecule has 0 aliphatic carbocycles. The van der Waals surface area contributed by atoms with Crippen molar-refractivity contribution in [3.05, 3.63) is 130 Å². The Morgan fingerprint density at radius 3 is 2.60 bits per heavy atom. The number of hydrogen-bond acceptors (Lipinski definition) is 6. The lowest BCUT2D eigenvalue weighted by Crippen LogP contribution is -2.08. The number of hydrogen-bond donors (Lipinski definition) is 1. The number of carboxylic acid groups (broad SMARTS) is 1. The first-order valence-corrected chi connectivity index (χ1v) is 13.2. The second-order valence-electron chi connectivity index (χ2n) is 9.43. The molecule has 0 aliphatic rings. The summed E-state index contributed by atoms with van der Waals surface area (Å²) in [6.45, 7) is 0.350. The summed E-state index contributed by atoms with van der Waals surface area (Å²) < 4.78 is 43.7. The van der Waals surface area contributed by atoms with Gasteiger partial charge in [-0.15, -0.1) is 0 Å². The fraction of sp³-hybridized carbons (Fsp3) is 0.0968. The van der Waals surface area contributed by atoms with E-state index in [1.54, 1.807) is 41.0 Å². The van der Waals surface area contributed by atoms with Crippen molar-refractivity contribution in [2.24, 2.45) is 0 Å². The van der Waals surface area contributed by atoms with Crippen molar-refractivity contribution in [2.75, 3.05) is 0 Å². The second-order valence-corrected chi connectivity index (χ2v) is 9.86. The molecule has 3 aromatic heterocycles. The average Bonchev–Trinajstić information content (AvgIpc) is 3.62. The highest BCUT2D eigenvalue weighted by Crippen LogP contribution is 2.28. The topological polar surface area (TPSA) is 103 Å². The summed E-state index contributed by atoms with van der Waals surface area (Å²) in [5.41, 5.74) is 2.20. The van der Waals surface area contributed by atoms with Gasteiger partial charge in [0.05, 0.1) is 28.5 Å². The van der Waals surface area contributed by atoms with E-state index in [-0.39, 0.29) is 47.8 Å². The van der Waals surface area contributed by atoms with Crippen molar-refractivity contribution in [1.82, 2.24) is 19.5 Å². The van der Waals surface area contributed by atoms with E-state index in [0.29, 0.717) is 27.8 Å². The second kappa shape index (κ2) is 11.4. The monoisotopic (exact) mass is 586 g/mol. The highest BCUT2D eigenvalue weighted by Gasteiger charge is 2.19. The van der Waals surface area contributed by atoms with Gasteiger partial charge in [0, 0.05) is 23.1 Å². The number of oxazole rings is 1. The minimum absolute atomic E-state index is 0.0208. The molecule has 11 heteroatoms. The summed E-state index contributed by atoms with van der Waals surface area (Å²) in [5.74, 6) is -1.43. The van der Waals surface area contributed by atoms with Crippen molar-refractivity contribution in [3.63, 3.8) is 0 Å². The number of imidazole rings is 1. The summed E-state index contributed by atoms with van der Waals surface area (Å²) in [4.78, 5) is 24.6. The van der Waals surface area contributed by atoms with Crippen molar-refractivity contribution < 1.29 is 27.8 Å². The molecule has 0 saturated heterocycles. The third-order valence-electron chi connectivity index (χ3n) is 6.64. The molecule has 0 aliphatic heterocycles. The highest BCUT2D eigenvalue weighted by atomic mass is 35.5. The molecule has 3 aromatic carbocycles. The summed E-state index contributed by atoms with van der Waals surface area (Å²) in [5, 5.41) is 10.1. The van der Waals surface area contributed by atoms with E-state index < -0.39 is 17.6 Å². The fourth-order valence-electron chi connectivity index (χ4n) is 4.56. The predicted octanol–water partition coefficient (Wildman–Crippen LogP) is 6.93. The Kier molecular flexibility index (Phi) is 7.37. The lowest BCUT2D eigenvalue weighted by atomic mass is 10.0. The van der Waals surface area contributed by atoms with Crippen LogP contribution in [0.4, 0.5) is 8.78 Å². The zero-order valence-electron chi connectivity index (χ0n) is 21.8. The number of rotatable bonds is 9. The predicted molar refractivity (Wildman–Crippen MR) is 150 cm³/mol. The zero-order valence-corrected chi connectivity index (χ0v) is 22.6. The van der Waals surface area contributed by atoms with Crippen LogP contribution in [0, 0.1) is 11.6 Å². The van der Waals surface area contributed by atoms with E-state index >= 15 is 8.78 Å². The van der Waals surface area contributed by atoms with Crippen LogP contribution in [0.3, 0.4) is 0 Å². The molecule has 1 N–H and O–H groups in total. The molecule has 0 radical (unpaired) electrons. The largest absolute Gasteiger partial charge is 0.478 e. The molecule has 0 atom stereocenters. The molecular weight excluding hydrogens is 566 g/mol. The first-order chi connectivity index (χ1) is 20.3. The van der Waals surface area contributed by atoms with Crippen LogP contribution in [0.2, 0.25) is 5.02 Å². The number of ether oxygens (including phenoxy) is 1. The Balaban J connectivity index is 1.29. The van der Waals surface area contributed by atoms with E-state index in [4.69, 9.17) is 20.8 Å². The van der Waals surface area contributed by atoms with Crippen LogP contribution in [-0.4, -0.2) is 30.6 Å². The lowest BCUT2D eigenvalue weighted by Gasteiger charge is -2.11. The van der Waals surface area contributed by atoms with Gasteiger partial charge in [-0.2, -0.15) is 0 Å². The normalized spacial score (nSPS) is 11.2. The Morgan fingerprint density at radius 1 is 1.00 bits per heavy atom. The van der Waals surface area contributed by atoms with E-state index in [1.165, 1.54) is 24.6 Å². The molecule has 3 heterocycles. The van der Waals surface area contributed by atoms with Crippen LogP contribution < -0.4 is 4.74 Å². The molecule has 0 spiro atoms. The summed E-state index contributed by atoms with van der Waals surface area (Å²) in [6, 6.07) is 18.7. The number of nitrogens with zero attached hydrogens (tertiary/aromatic N) is 4. The number of fused-ring (bicyclic) bond motifs is 1. The number of carboxylic acids is 1. The molecular formula is C31H21ClF2N4O4. The number of benzene rings is 3. The van der Waals surface area contributed by atoms with Gasteiger partial charge < -0.3 is 18.8 Å². The number of aromatic carboxylic acids is 1. The minimum Gasteiger partial charge on any atom is -0.478 e. The summed E-state index contributed by atoms with van der Waals surface area (Å²) >= 11 is 5.92. The van der Waals surface area contributed by atoms with Gasteiger partial charge in [0.2, 0.25) is 11.8 Å². The van der Waals surface area contributed by atoms with Crippen LogP contribution in [0.15, 0.2) is 89.7 Å². The SMILES string of the molecule is O=C(O)c1ccc2nc(Cc3cc(F)c(-c4cccc(OCc5ccc(Cl)cc5)n4)cc3F)n(Cc3ncco3)c2c1. The van der Waals surface area contributed by atoms with Crippen LogP contribution in [0.25, 0.3) is 22.3 Å². The van der Waals surface area contributed by atoms with Crippen LogP contribution in [0.5, 0.6) is 5.88 Å². The van der Waals surface area contributed by atoms with E-state index in [0.717, 1.165) is 17.7 Å². The van der Waals surface area contributed by atoms with E-state index in [2.05, 4.69) is 15.0 Å². The molecule has 0 saturated carbocycles. The Bertz CT molecular complexity index is 1910. The van der Waals surface area contributed by atoms with E-state index in [9.17, 15) is 9.90 Å². The molecule has 8 nitrogen and oxygen atoms in total. The minimum atomic E-state index is -1.10.